The van der Waals surface area contributed by atoms with Crippen LogP contribution in [0.15, 0.2) is 24.4 Å². The molecule has 0 bridgehead atoms. The van der Waals surface area contributed by atoms with Crippen LogP contribution < -0.4 is 10.6 Å². The Hall–Kier alpha value is -2.50. The summed E-state index contributed by atoms with van der Waals surface area (Å²) in [5.41, 5.74) is 1.57. The predicted octanol–water partition coefficient (Wildman–Crippen LogP) is 4.17. The van der Waals surface area contributed by atoms with Crippen molar-refractivity contribution in [2.45, 2.75) is 63.1 Å². The molecule has 2 fully saturated rings. The van der Waals surface area contributed by atoms with Gasteiger partial charge in [-0.15, -0.1) is 0 Å². The first kappa shape index (κ1) is 22.3. The maximum absolute atomic E-state index is 13.6. The molecule has 0 amide bonds. The fourth-order valence-corrected chi connectivity index (χ4v) is 5.12. The van der Waals surface area contributed by atoms with Crippen LogP contribution in [0.5, 0.6) is 0 Å². The first-order chi connectivity index (χ1) is 15.9. The second-order valence-corrected chi connectivity index (χ2v) is 9.80. The Bertz CT molecular complexity index is 1060. The van der Waals surface area contributed by atoms with Crippen molar-refractivity contribution in [2.24, 2.45) is 0 Å². The van der Waals surface area contributed by atoms with Gasteiger partial charge in [-0.05, 0) is 37.8 Å². The first-order valence-corrected chi connectivity index (χ1v) is 12.1. The van der Waals surface area contributed by atoms with Gasteiger partial charge >= 0.3 is 0 Å². The molecule has 3 aromatic heterocycles. The Morgan fingerprint density at radius 3 is 2.67 bits per heavy atom. The zero-order chi connectivity index (χ0) is 22.8. The quantitative estimate of drug-likeness (QED) is 0.489. The van der Waals surface area contributed by atoms with Crippen LogP contribution in [0.1, 0.15) is 44.2 Å². The molecule has 3 aromatic rings. The molecule has 8 nitrogen and oxygen atoms in total. The Balaban J connectivity index is 1.36. The van der Waals surface area contributed by atoms with Crippen molar-refractivity contribution in [2.75, 3.05) is 23.7 Å². The monoisotopic (exact) mass is 475 g/mol. The Morgan fingerprint density at radius 2 is 1.91 bits per heavy atom. The van der Waals surface area contributed by atoms with Crippen LogP contribution in [0.3, 0.4) is 0 Å². The van der Waals surface area contributed by atoms with Crippen LogP contribution in [0.4, 0.5) is 25.7 Å². The highest BCUT2D eigenvalue weighted by Gasteiger charge is 2.34. The van der Waals surface area contributed by atoms with Crippen molar-refractivity contribution in [1.29, 1.82) is 0 Å². The van der Waals surface area contributed by atoms with E-state index in [1.807, 2.05) is 23.1 Å². The number of likely N-dealkylation sites (tertiary alicyclic amines) is 1. The molecule has 0 spiro atoms. The van der Waals surface area contributed by atoms with E-state index >= 15 is 0 Å². The maximum atomic E-state index is 13.6. The molecule has 1 aliphatic heterocycles. The van der Waals surface area contributed by atoms with E-state index in [2.05, 4.69) is 30.6 Å². The lowest BCUT2D eigenvalue weighted by atomic mass is 9.93. The van der Waals surface area contributed by atoms with Crippen LogP contribution in [-0.4, -0.2) is 61.1 Å². The summed E-state index contributed by atoms with van der Waals surface area (Å²) in [5.74, 6) is -1.48. The first-order valence-electron chi connectivity index (χ1n) is 11.3. The minimum absolute atomic E-state index is 0.128. The van der Waals surface area contributed by atoms with E-state index in [0.29, 0.717) is 36.5 Å². The summed E-state index contributed by atoms with van der Waals surface area (Å²) >= 11 is 1.44. The topological polar surface area (TPSA) is 99.1 Å². The number of halogens is 2. The highest BCUT2D eigenvalue weighted by atomic mass is 32.1. The molecule has 0 aromatic carbocycles. The molecule has 11 heteroatoms. The number of aliphatic hydroxyl groups excluding tert-OH is 1. The molecular formula is C22H27F2N7OS. The number of alkyl halides is 2. The van der Waals surface area contributed by atoms with Gasteiger partial charge in [0, 0.05) is 50.8 Å². The smallest absolute Gasteiger partial charge is 0.250 e. The van der Waals surface area contributed by atoms with Crippen molar-refractivity contribution >= 4 is 38.6 Å². The standard InChI is InChI=1S/C22H27F2N7OS/c23-22(24)7-10-31(11-8-22)13-15-12-18(30-21-28-17-2-1-9-25-19(17)33-21)29-20(27-15)26-14-3-5-16(32)6-4-14/h1-2,9,12,14,16,32H,3-8,10-11,13H2,(H2,26,27,28,29,30). The fourth-order valence-electron chi connectivity index (χ4n) is 4.31. The predicted molar refractivity (Wildman–Crippen MR) is 124 cm³/mol. The normalized spacial score (nSPS) is 23.5. The number of hydrogen-bond donors (Lipinski definition) is 3. The van der Waals surface area contributed by atoms with Gasteiger partial charge in [0.2, 0.25) is 5.95 Å². The maximum Gasteiger partial charge on any atom is 0.250 e. The van der Waals surface area contributed by atoms with E-state index in [0.717, 1.165) is 41.7 Å². The average molecular weight is 476 g/mol. The number of hydrogen-bond acceptors (Lipinski definition) is 9. The number of thiazole rings is 1. The van der Waals surface area contributed by atoms with E-state index < -0.39 is 5.92 Å². The van der Waals surface area contributed by atoms with Gasteiger partial charge < -0.3 is 15.7 Å². The molecule has 2 aliphatic rings. The second kappa shape index (κ2) is 9.40. The summed E-state index contributed by atoms with van der Waals surface area (Å²) in [6.45, 7) is 1.16. The molecule has 176 valence electrons. The minimum atomic E-state index is -2.58. The SMILES string of the molecule is OC1CCC(Nc2nc(CN3CCC(F)(F)CC3)cc(Nc3nc4cccnc4s3)n2)CC1. The molecule has 1 saturated heterocycles. The summed E-state index contributed by atoms with van der Waals surface area (Å²) in [6.07, 6.45) is 4.45. The number of fused-ring (bicyclic) bond motifs is 1. The summed E-state index contributed by atoms with van der Waals surface area (Å²) in [5, 5.41) is 17.1. The molecule has 1 saturated carbocycles. The molecule has 0 unspecified atom stereocenters. The van der Waals surface area contributed by atoms with E-state index in [9.17, 15) is 13.9 Å². The minimum Gasteiger partial charge on any atom is -0.393 e. The van der Waals surface area contributed by atoms with E-state index in [1.165, 1.54) is 11.3 Å². The van der Waals surface area contributed by atoms with Gasteiger partial charge in [0.25, 0.3) is 5.92 Å². The summed E-state index contributed by atoms with van der Waals surface area (Å²) in [4.78, 5) is 21.1. The van der Waals surface area contributed by atoms with Crippen LogP contribution in [0.25, 0.3) is 10.3 Å². The van der Waals surface area contributed by atoms with Crippen molar-refractivity contribution in [3.8, 4) is 0 Å². The van der Waals surface area contributed by atoms with Crippen molar-refractivity contribution in [3.05, 3.63) is 30.1 Å². The number of aliphatic hydroxyl groups is 1. The fraction of sp³-hybridized carbons (Fsp3) is 0.545. The molecule has 1 aliphatic carbocycles. The number of anilines is 3. The van der Waals surface area contributed by atoms with E-state index in [1.54, 1.807) is 6.20 Å². The van der Waals surface area contributed by atoms with Crippen LogP contribution in [0.2, 0.25) is 0 Å². The van der Waals surface area contributed by atoms with Gasteiger partial charge in [-0.1, -0.05) is 11.3 Å². The third kappa shape index (κ3) is 5.71. The highest BCUT2D eigenvalue weighted by Crippen LogP contribution is 2.30. The molecule has 4 heterocycles. The Kier molecular flexibility index (Phi) is 6.35. The van der Waals surface area contributed by atoms with Crippen LogP contribution in [0, 0.1) is 0 Å². The van der Waals surface area contributed by atoms with Gasteiger partial charge in [-0.3, -0.25) is 4.90 Å². The van der Waals surface area contributed by atoms with E-state index in [-0.39, 0.29) is 25.0 Å². The number of aromatic nitrogens is 4. The molecule has 0 radical (unpaired) electrons. The molecular weight excluding hydrogens is 448 g/mol. The molecule has 5 rings (SSSR count). The van der Waals surface area contributed by atoms with Crippen molar-refractivity contribution in [3.63, 3.8) is 0 Å². The molecule has 0 atom stereocenters. The highest BCUT2D eigenvalue weighted by molar-refractivity contribution is 7.21. The summed E-state index contributed by atoms with van der Waals surface area (Å²) in [6, 6.07) is 5.80. The lowest BCUT2D eigenvalue weighted by Crippen LogP contribution is -2.39. The lowest BCUT2D eigenvalue weighted by molar-refractivity contribution is -0.0568. The summed E-state index contributed by atoms with van der Waals surface area (Å²) in [7, 11) is 0. The lowest BCUT2D eigenvalue weighted by Gasteiger charge is -2.31. The number of pyridine rings is 1. The van der Waals surface area contributed by atoms with Gasteiger partial charge in [0.1, 0.15) is 16.2 Å². The largest absolute Gasteiger partial charge is 0.393 e. The number of nitrogens with zero attached hydrogens (tertiary/aromatic N) is 5. The summed E-state index contributed by atoms with van der Waals surface area (Å²) < 4.78 is 27.1. The number of nitrogens with one attached hydrogen (secondary N) is 2. The number of piperidine rings is 1. The third-order valence-electron chi connectivity index (χ3n) is 6.18. The van der Waals surface area contributed by atoms with Crippen molar-refractivity contribution < 1.29 is 13.9 Å². The molecule has 33 heavy (non-hydrogen) atoms. The second-order valence-electron chi connectivity index (χ2n) is 8.82. The van der Waals surface area contributed by atoms with Gasteiger partial charge in [-0.2, -0.15) is 4.98 Å². The third-order valence-corrected chi connectivity index (χ3v) is 7.08. The van der Waals surface area contributed by atoms with Crippen molar-refractivity contribution in [1.82, 2.24) is 24.8 Å². The Morgan fingerprint density at radius 1 is 1.12 bits per heavy atom. The zero-order valence-electron chi connectivity index (χ0n) is 18.2. The van der Waals surface area contributed by atoms with Crippen LogP contribution >= 0.6 is 11.3 Å². The average Bonchev–Trinajstić information content (AvgIpc) is 3.19. The zero-order valence-corrected chi connectivity index (χ0v) is 19.0. The number of rotatable bonds is 6. The van der Waals surface area contributed by atoms with Gasteiger partial charge in [0.05, 0.1) is 11.8 Å². The van der Waals surface area contributed by atoms with Crippen LogP contribution in [-0.2, 0) is 6.54 Å². The van der Waals surface area contributed by atoms with Gasteiger partial charge in [0.15, 0.2) is 5.13 Å². The van der Waals surface area contributed by atoms with Gasteiger partial charge in [-0.25, -0.2) is 23.7 Å². The van der Waals surface area contributed by atoms with E-state index in [4.69, 9.17) is 0 Å². The molecule has 3 N–H and O–H groups in total. The Labute approximate surface area is 194 Å².